The van der Waals surface area contributed by atoms with Crippen LogP contribution in [0.3, 0.4) is 0 Å². The van der Waals surface area contributed by atoms with Crippen LogP contribution in [0.15, 0.2) is 18.2 Å². The maximum absolute atomic E-state index is 6.15. The van der Waals surface area contributed by atoms with Crippen molar-refractivity contribution >= 4 is 17.5 Å². The van der Waals surface area contributed by atoms with Gasteiger partial charge in [0.2, 0.25) is 5.95 Å². The molecule has 0 radical (unpaired) electrons. The Morgan fingerprint density at radius 2 is 2.00 bits per heavy atom. The summed E-state index contributed by atoms with van der Waals surface area (Å²) in [6, 6.07) is 6.03. The Labute approximate surface area is 123 Å². The van der Waals surface area contributed by atoms with Gasteiger partial charge in [-0.1, -0.05) is 23.7 Å². The molecule has 2 aromatic rings. The second kappa shape index (κ2) is 6.52. The van der Waals surface area contributed by atoms with E-state index in [1.54, 1.807) is 0 Å². The molecule has 1 N–H and O–H groups in total. The number of benzene rings is 1. The zero-order valence-corrected chi connectivity index (χ0v) is 12.5. The van der Waals surface area contributed by atoms with Crippen molar-refractivity contribution in [2.75, 3.05) is 18.5 Å². The van der Waals surface area contributed by atoms with Gasteiger partial charge >= 0.3 is 6.01 Å². The van der Waals surface area contributed by atoms with Crippen LogP contribution in [0, 0.1) is 6.92 Å². The van der Waals surface area contributed by atoms with E-state index in [9.17, 15) is 0 Å². The van der Waals surface area contributed by atoms with Crippen LogP contribution >= 0.6 is 11.6 Å². The summed E-state index contributed by atoms with van der Waals surface area (Å²) < 4.78 is 5.37. The highest BCUT2D eigenvalue weighted by molar-refractivity contribution is 6.31. The van der Waals surface area contributed by atoms with Gasteiger partial charge in [0.05, 0.1) is 6.61 Å². The zero-order valence-electron chi connectivity index (χ0n) is 11.8. The maximum Gasteiger partial charge on any atom is 0.321 e. The molecular formula is C14H17ClN4O. The monoisotopic (exact) mass is 292 g/mol. The highest BCUT2D eigenvalue weighted by Crippen LogP contribution is 2.24. The highest BCUT2D eigenvalue weighted by atomic mass is 35.5. The van der Waals surface area contributed by atoms with E-state index in [1.807, 2.05) is 39.0 Å². The first kappa shape index (κ1) is 14.5. The van der Waals surface area contributed by atoms with Gasteiger partial charge in [-0.3, -0.25) is 0 Å². The van der Waals surface area contributed by atoms with Gasteiger partial charge in [0, 0.05) is 17.1 Å². The molecule has 1 heterocycles. The summed E-state index contributed by atoms with van der Waals surface area (Å²) in [5, 5.41) is 3.75. The third-order valence-electron chi connectivity index (χ3n) is 2.65. The molecule has 0 aliphatic carbocycles. The van der Waals surface area contributed by atoms with Crippen LogP contribution in [0.25, 0.3) is 11.4 Å². The molecule has 106 valence electrons. The van der Waals surface area contributed by atoms with E-state index in [0.29, 0.717) is 29.4 Å². The summed E-state index contributed by atoms with van der Waals surface area (Å²) in [5.41, 5.74) is 1.85. The van der Waals surface area contributed by atoms with E-state index in [1.165, 1.54) is 0 Å². The summed E-state index contributed by atoms with van der Waals surface area (Å²) in [6.45, 7) is 7.05. The third kappa shape index (κ3) is 3.36. The number of nitrogens with one attached hydrogen (secondary N) is 1. The number of anilines is 1. The largest absolute Gasteiger partial charge is 0.464 e. The molecule has 0 atom stereocenters. The molecule has 0 fully saturated rings. The van der Waals surface area contributed by atoms with E-state index in [0.717, 1.165) is 17.7 Å². The molecule has 0 saturated carbocycles. The minimum absolute atomic E-state index is 0.310. The Morgan fingerprint density at radius 1 is 1.20 bits per heavy atom. The number of hydrogen-bond acceptors (Lipinski definition) is 5. The van der Waals surface area contributed by atoms with Crippen molar-refractivity contribution in [2.24, 2.45) is 0 Å². The summed E-state index contributed by atoms with van der Waals surface area (Å²) in [5.74, 6) is 1.04. The van der Waals surface area contributed by atoms with Crippen molar-refractivity contribution in [1.82, 2.24) is 15.0 Å². The van der Waals surface area contributed by atoms with Crippen LogP contribution in [-0.2, 0) is 0 Å². The Morgan fingerprint density at radius 3 is 2.65 bits per heavy atom. The van der Waals surface area contributed by atoms with Crippen LogP contribution < -0.4 is 10.1 Å². The fraction of sp³-hybridized carbons (Fsp3) is 0.357. The molecule has 1 aromatic heterocycles. The SMILES string of the molecule is CCNc1nc(OCC)nc(-c2ccc(C)c(Cl)c2)n1. The third-order valence-corrected chi connectivity index (χ3v) is 3.06. The smallest absolute Gasteiger partial charge is 0.321 e. The Hall–Kier alpha value is -1.88. The molecule has 2 rings (SSSR count). The van der Waals surface area contributed by atoms with Gasteiger partial charge in [-0.05, 0) is 32.4 Å². The van der Waals surface area contributed by atoms with Crippen LogP contribution in [0.5, 0.6) is 6.01 Å². The van der Waals surface area contributed by atoms with Crippen molar-refractivity contribution < 1.29 is 4.74 Å². The van der Waals surface area contributed by atoms with Gasteiger partial charge in [0.25, 0.3) is 0 Å². The number of halogens is 1. The van der Waals surface area contributed by atoms with E-state index in [-0.39, 0.29) is 0 Å². The maximum atomic E-state index is 6.15. The predicted molar refractivity (Wildman–Crippen MR) is 80.3 cm³/mol. The standard InChI is InChI=1S/C14H17ClN4O/c1-4-16-13-17-12(18-14(19-13)20-5-2)10-7-6-9(3)11(15)8-10/h6-8H,4-5H2,1-3H3,(H,16,17,18,19). The van der Waals surface area contributed by atoms with E-state index >= 15 is 0 Å². The summed E-state index contributed by atoms with van der Waals surface area (Å²) in [6.07, 6.45) is 0. The molecule has 0 aliphatic heterocycles. The number of aryl methyl sites for hydroxylation is 1. The van der Waals surface area contributed by atoms with Gasteiger partial charge in [-0.2, -0.15) is 15.0 Å². The second-order valence-corrected chi connectivity index (χ2v) is 4.60. The highest BCUT2D eigenvalue weighted by Gasteiger charge is 2.10. The van der Waals surface area contributed by atoms with E-state index in [4.69, 9.17) is 16.3 Å². The minimum Gasteiger partial charge on any atom is -0.464 e. The van der Waals surface area contributed by atoms with Crippen LogP contribution in [-0.4, -0.2) is 28.1 Å². The molecule has 0 unspecified atom stereocenters. The van der Waals surface area contributed by atoms with Crippen molar-refractivity contribution in [3.05, 3.63) is 28.8 Å². The summed E-state index contributed by atoms with van der Waals surface area (Å²) in [7, 11) is 0. The zero-order chi connectivity index (χ0) is 14.5. The number of ether oxygens (including phenoxy) is 1. The first-order chi connectivity index (χ1) is 9.63. The van der Waals surface area contributed by atoms with Gasteiger partial charge in [0.1, 0.15) is 0 Å². The fourth-order valence-electron chi connectivity index (χ4n) is 1.65. The normalized spacial score (nSPS) is 10.4. The van der Waals surface area contributed by atoms with E-state index < -0.39 is 0 Å². The molecule has 6 heteroatoms. The second-order valence-electron chi connectivity index (χ2n) is 4.19. The van der Waals surface area contributed by atoms with Gasteiger partial charge in [-0.25, -0.2) is 0 Å². The van der Waals surface area contributed by atoms with Crippen molar-refractivity contribution in [3.8, 4) is 17.4 Å². The lowest BCUT2D eigenvalue weighted by Crippen LogP contribution is -2.07. The molecule has 5 nitrogen and oxygen atoms in total. The first-order valence-corrected chi connectivity index (χ1v) is 6.91. The van der Waals surface area contributed by atoms with Crippen molar-refractivity contribution in [3.63, 3.8) is 0 Å². The lowest BCUT2D eigenvalue weighted by molar-refractivity contribution is 0.312. The van der Waals surface area contributed by atoms with Gasteiger partial charge in [0.15, 0.2) is 5.82 Å². The Kier molecular flexibility index (Phi) is 4.74. The number of nitrogens with zero attached hydrogens (tertiary/aromatic N) is 3. The topological polar surface area (TPSA) is 59.9 Å². The quantitative estimate of drug-likeness (QED) is 0.916. The predicted octanol–water partition coefficient (Wildman–Crippen LogP) is 3.33. The Bertz CT molecular complexity index is 579. The molecule has 0 amide bonds. The molecule has 20 heavy (non-hydrogen) atoms. The van der Waals surface area contributed by atoms with Crippen LogP contribution in [0.2, 0.25) is 5.02 Å². The lowest BCUT2D eigenvalue weighted by Gasteiger charge is -2.08. The molecular weight excluding hydrogens is 276 g/mol. The van der Waals surface area contributed by atoms with E-state index in [2.05, 4.69) is 20.3 Å². The molecule has 0 aliphatic rings. The van der Waals surface area contributed by atoms with Gasteiger partial charge in [-0.15, -0.1) is 0 Å². The lowest BCUT2D eigenvalue weighted by atomic mass is 10.1. The number of hydrogen-bond donors (Lipinski definition) is 1. The summed E-state index contributed by atoms with van der Waals surface area (Å²) >= 11 is 6.15. The molecule has 0 bridgehead atoms. The van der Waals surface area contributed by atoms with Crippen LogP contribution in [0.1, 0.15) is 19.4 Å². The molecule has 1 aromatic carbocycles. The minimum atomic E-state index is 0.310. The molecule has 0 spiro atoms. The van der Waals surface area contributed by atoms with Crippen molar-refractivity contribution in [1.29, 1.82) is 0 Å². The average molecular weight is 293 g/mol. The number of rotatable bonds is 5. The van der Waals surface area contributed by atoms with Crippen LogP contribution in [0.4, 0.5) is 5.95 Å². The Balaban J connectivity index is 2.45. The average Bonchev–Trinajstić information content (AvgIpc) is 2.42. The van der Waals surface area contributed by atoms with Crippen molar-refractivity contribution in [2.45, 2.75) is 20.8 Å². The fourth-order valence-corrected chi connectivity index (χ4v) is 1.83. The van der Waals surface area contributed by atoms with Gasteiger partial charge < -0.3 is 10.1 Å². The number of aromatic nitrogens is 3. The first-order valence-electron chi connectivity index (χ1n) is 6.53. The molecule has 0 saturated heterocycles. The summed E-state index contributed by atoms with van der Waals surface area (Å²) in [4.78, 5) is 12.9.